The van der Waals surface area contributed by atoms with E-state index in [1.165, 1.54) is 32.4 Å². The van der Waals surface area contributed by atoms with E-state index in [-0.39, 0.29) is 6.10 Å². The monoisotopic (exact) mass is 212 g/mol. The highest BCUT2D eigenvalue weighted by molar-refractivity contribution is 4.81. The molecule has 2 rings (SSSR count). The molecule has 2 aliphatic rings. The van der Waals surface area contributed by atoms with E-state index in [1.807, 2.05) is 0 Å². The minimum absolute atomic E-state index is 0.0224. The lowest BCUT2D eigenvalue weighted by atomic mass is 10.0. The average Bonchev–Trinajstić information content (AvgIpc) is 2.62. The van der Waals surface area contributed by atoms with Crippen LogP contribution in [0.1, 0.15) is 32.1 Å². The molecule has 88 valence electrons. The third-order valence-electron chi connectivity index (χ3n) is 3.83. The third kappa shape index (κ3) is 3.44. The van der Waals surface area contributed by atoms with Crippen molar-refractivity contribution >= 4 is 0 Å². The first-order valence-corrected chi connectivity index (χ1v) is 6.34. The molecule has 0 spiro atoms. The highest BCUT2D eigenvalue weighted by Crippen LogP contribution is 2.24. The smallest absolute Gasteiger partial charge is 0.0543 e. The summed E-state index contributed by atoms with van der Waals surface area (Å²) in [6.07, 6.45) is 5.84. The number of hydrogen-bond donors (Lipinski definition) is 2. The van der Waals surface area contributed by atoms with Crippen LogP contribution in [0.5, 0.6) is 0 Å². The Labute approximate surface area is 92.8 Å². The molecule has 3 unspecified atom stereocenters. The van der Waals surface area contributed by atoms with Crippen LogP contribution in [0, 0.1) is 5.92 Å². The van der Waals surface area contributed by atoms with Gasteiger partial charge in [0.05, 0.1) is 6.10 Å². The highest BCUT2D eigenvalue weighted by Gasteiger charge is 2.24. The van der Waals surface area contributed by atoms with E-state index in [2.05, 4.69) is 17.3 Å². The Hall–Kier alpha value is -0.120. The molecule has 3 heteroatoms. The van der Waals surface area contributed by atoms with Gasteiger partial charge in [-0.1, -0.05) is 0 Å². The fraction of sp³-hybridized carbons (Fsp3) is 1.00. The summed E-state index contributed by atoms with van der Waals surface area (Å²) in [6, 6.07) is 0.682. The van der Waals surface area contributed by atoms with Gasteiger partial charge in [-0.2, -0.15) is 0 Å². The van der Waals surface area contributed by atoms with E-state index in [9.17, 15) is 5.11 Å². The molecular weight excluding hydrogens is 188 g/mol. The van der Waals surface area contributed by atoms with Crippen molar-refractivity contribution in [1.82, 2.24) is 10.2 Å². The van der Waals surface area contributed by atoms with Crippen molar-refractivity contribution in [1.29, 1.82) is 0 Å². The van der Waals surface area contributed by atoms with Gasteiger partial charge in [-0.3, -0.25) is 0 Å². The molecule has 1 saturated heterocycles. The molecule has 0 radical (unpaired) electrons. The maximum atomic E-state index is 9.44. The lowest BCUT2D eigenvalue weighted by molar-refractivity contribution is 0.175. The first-order valence-electron chi connectivity index (χ1n) is 6.34. The Kier molecular flexibility index (Phi) is 4.00. The number of aliphatic hydroxyl groups is 1. The fourth-order valence-electron chi connectivity index (χ4n) is 2.90. The number of aliphatic hydroxyl groups excluding tert-OH is 1. The summed E-state index contributed by atoms with van der Waals surface area (Å²) < 4.78 is 0. The van der Waals surface area contributed by atoms with Crippen molar-refractivity contribution in [3.63, 3.8) is 0 Å². The zero-order valence-electron chi connectivity index (χ0n) is 9.78. The van der Waals surface area contributed by atoms with Crippen LogP contribution in [0.3, 0.4) is 0 Å². The van der Waals surface area contributed by atoms with E-state index in [0.717, 1.165) is 19.4 Å². The predicted octanol–water partition coefficient (Wildman–Crippen LogP) is 0.831. The molecule has 1 aliphatic heterocycles. The topological polar surface area (TPSA) is 35.5 Å². The number of hydrogen-bond acceptors (Lipinski definition) is 3. The maximum absolute atomic E-state index is 9.44. The van der Waals surface area contributed by atoms with Crippen LogP contribution < -0.4 is 5.32 Å². The molecule has 1 aliphatic carbocycles. The molecule has 1 heterocycles. The molecule has 3 atom stereocenters. The van der Waals surface area contributed by atoms with E-state index in [0.29, 0.717) is 12.0 Å². The molecule has 0 aromatic rings. The van der Waals surface area contributed by atoms with E-state index in [4.69, 9.17) is 0 Å². The van der Waals surface area contributed by atoms with E-state index >= 15 is 0 Å². The molecule has 0 bridgehead atoms. The summed E-state index contributed by atoms with van der Waals surface area (Å²) in [4.78, 5) is 2.41. The summed E-state index contributed by atoms with van der Waals surface area (Å²) in [5, 5.41) is 13.1. The summed E-state index contributed by atoms with van der Waals surface area (Å²) in [5.41, 5.74) is 0. The molecule has 15 heavy (non-hydrogen) atoms. The molecule has 0 aromatic carbocycles. The summed E-state index contributed by atoms with van der Waals surface area (Å²) in [6.45, 7) is 3.55. The number of likely N-dealkylation sites (tertiary alicyclic amines) is 1. The van der Waals surface area contributed by atoms with Crippen molar-refractivity contribution < 1.29 is 5.11 Å². The normalized spacial score (nSPS) is 38.4. The van der Waals surface area contributed by atoms with Gasteiger partial charge >= 0.3 is 0 Å². The highest BCUT2D eigenvalue weighted by atomic mass is 16.3. The van der Waals surface area contributed by atoms with Gasteiger partial charge in [0.2, 0.25) is 0 Å². The number of rotatable bonds is 3. The Morgan fingerprint density at radius 2 is 2.20 bits per heavy atom. The van der Waals surface area contributed by atoms with Gasteiger partial charge in [-0.15, -0.1) is 0 Å². The Morgan fingerprint density at radius 1 is 1.33 bits per heavy atom. The minimum Gasteiger partial charge on any atom is -0.393 e. The van der Waals surface area contributed by atoms with Gasteiger partial charge < -0.3 is 15.3 Å². The van der Waals surface area contributed by atoms with Crippen LogP contribution in [0.15, 0.2) is 0 Å². The quantitative estimate of drug-likeness (QED) is 0.727. The molecule has 1 saturated carbocycles. The fourth-order valence-corrected chi connectivity index (χ4v) is 2.90. The second-order valence-corrected chi connectivity index (χ2v) is 5.34. The van der Waals surface area contributed by atoms with Crippen molar-refractivity contribution in [2.75, 3.05) is 26.7 Å². The van der Waals surface area contributed by atoms with Gasteiger partial charge in [0.1, 0.15) is 0 Å². The Balaban J connectivity index is 1.64. The number of piperidine rings is 1. The molecule has 2 fully saturated rings. The van der Waals surface area contributed by atoms with Crippen LogP contribution in [0.2, 0.25) is 0 Å². The summed E-state index contributed by atoms with van der Waals surface area (Å²) in [5.74, 6) is 0.715. The largest absolute Gasteiger partial charge is 0.393 e. The lowest BCUT2D eigenvalue weighted by Gasteiger charge is -2.31. The summed E-state index contributed by atoms with van der Waals surface area (Å²) in [7, 11) is 2.20. The third-order valence-corrected chi connectivity index (χ3v) is 3.83. The second kappa shape index (κ2) is 5.28. The SMILES string of the molecule is CN1CCCC(NCC2CCC(O)C2)C1. The Bertz CT molecular complexity index is 198. The molecular formula is C12H24N2O. The van der Waals surface area contributed by atoms with E-state index in [1.54, 1.807) is 0 Å². The zero-order valence-corrected chi connectivity index (χ0v) is 9.78. The van der Waals surface area contributed by atoms with Crippen molar-refractivity contribution in [2.24, 2.45) is 5.92 Å². The molecule has 0 amide bonds. The van der Waals surface area contributed by atoms with Crippen LogP contribution in [0.4, 0.5) is 0 Å². The van der Waals surface area contributed by atoms with Crippen molar-refractivity contribution in [3.8, 4) is 0 Å². The minimum atomic E-state index is -0.0224. The van der Waals surface area contributed by atoms with Crippen LogP contribution in [-0.4, -0.2) is 48.8 Å². The first-order chi connectivity index (χ1) is 7.24. The van der Waals surface area contributed by atoms with Gasteiger partial charge in [0.15, 0.2) is 0 Å². The second-order valence-electron chi connectivity index (χ2n) is 5.34. The van der Waals surface area contributed by atoms with Crippen molar-refractivity contribution in [3.05, 3.63) is 0 Å². The Morgan fingerprint density at radius 3 is 2.87 bits per heavy atom. The van der Waals surface area contributed by atoms with E-state index < -0.39 is 0 Å². The predicted molar refractivity (Wildman–Crippen MR) is 61.9 cm³/mol. The van der Waals surface area contributed by atoms with Gasteiger partial charge in [0.25, 0.3) is 0 Å². The first kappa shape index (κ1) is 11.4. The number of nitrogens with one attached hydrogen (secondary N) is 1. The van der Waals surface area contributed by atoms with Gasteiger partial charge in [-0.05, 0) is 58.2 Å². The van der Waals surface area contributed by atoms with Crippen LogP contribution >= 0.6 is 0 Å². The number of nitrogens with zero attached hydrogens (tertiary/aromatic N) is 1. The van der Waals surface area contributed by atoms with Crippen molar-refractivity contribution in [2.45, 2.75) is 44.2 Å². The maximum Gasteiger partial charge on any atom is 0.0543 e. The van der Waals surface area contributed by atoms with Crippen LogP contribution in [-0.2, 0) is 0 Å². The average molecular weight is 212 g/mol. The van der Waals surface area contributed by atoms with Gasteiger partial charge in [-0.25, -0.2) is 0 Å². The van der Waals surface area contributed by atoms with Gasteiger partial charge in [0, 0.05) is 12.6 Å². The number of likely N-dealkylation sites (N-methyl/N-ethyl adjacent to an activating group) is 1. The summed E-state index contributed by atoms with van der Waals surface area (Å²) >= 11 is 0. The molecule has 2 N–H and O–H groups in total. The standard InChI is InChI=1S/C12H24N2O/c1-14-6-2-3-11(9-14)13-8-10-4-5-12(15)7-10/h10-13,15H,2-9H2,1H3. The zero-order chi connectivity index (χ0) is 10.7. The molecule has 3 nitrogen and oxygen atoms in total. The molecule has 0 aromatic heterocycles. The lowest BCUT2D eigenvalue weighted by Crippen LogP contribution is -2.45. The van der Waals surface area contributed by atoms with Crippen LogP contribution in [0.25, 0.3) is 0 Å².